The SMILES string of the molecule is CC(C)=CCC/C(C)=C/CC/C(C)=C/CN1C(=O)c2cccc(OC(=O)N(C)C)c2Nc2c(O)cc(OC(=O)N(C)C)cc21. The number of nitrogens with zero attached hydrogens (tertiary/aromatic N) is 3. The standard InChI is InChI=1S/C34H44N4O6/c1-22(2)12-9-13-23(3)14-10-15-24(4)18-19-38-27-20-25(43-33(41)36(5)6)21-28(39)31(27)35-30-26(32(38)40)16-11-17-29(30)44-34(42)37(7)8/h11-12,14,16-18,20-21,35,39H,9-10,13,15,19H2,1-8H3/b23-14+,24-18+. The molecule has 1 aliphatic heterocycles. The van der Waals surface area contributed by atoms with Gasteiger partial charge in [-0.15, -0.1) is 0 Å². The number of anilines is 3. The minimum atomic E-state index is -0.634. The monoisotopic (exact) mass is 604 g/mol. The Hall–Kier alpha value is -4.73. The average Bonchev–Trinajstić information content (AvgIpc) is 3.06. The highest BCUT2D eigenvalue weighted by atomic mass is 16.6. The fraction of sp³-hybridized carbons (Fsp3) is 0.382. The highest BCUT2D eigenvalue weighted by Gasteiger charge is 2.31. The first-order chi connectivity index (χ1) is 20.8. The molecule has 2 N–H and O–H groups in total. The lowest BCUT2D eigenvalue weighted by molar-refractivity contribution is 0.0990. The number of benzene rings is 2. The van der Waals surface area contributed by atoms with Gasteiger partial charge in [0.25, 0.3) is 5.91 Å². The third-order valence-electron chi connectivity index (χ3n) is 6.99. The van der Waals surface area contributed by atoms with E-state index in [-0.39, 0.29) is 46.6 Å². The Morgan fingerprint density at radius 2 is 1.48 bits per heavy atom. The fourth-order valence-corrected chi connectivity index (χ4v) is 4.43. The summed E-state index contributed by atoms with van der Waals surface area (Å²) >= 11 is 0. The number of amides is 3. The van der Waals surface area contributed by atoms with Crippen molar-refractivity contribution in [1.29, 1.82) is 0 Å². The van der Waals surface area contributed by atoms with E-state index in [1.807, 2.05) is 13.0 Å². The number of rotatable bonds is 10. The summed E-state index contributed by atoms with van der Waals surface area (Å²) in [4.78, 5) is 42.8. The topological polar surface area (TPSA) is 112 Å². The van der Waals surface area contributed by atoms with Crippen molar-refractivity contribution in [3.63, 3.8) is 0 Å². The Morgan fingerprint density at radius 1 is 0.864 bits per heavy atom. The van der Waals surface area contributed by atoms with Gasteiger partial charge in [-0.05, 0) is 65.5 Å². The van der Waals surface area contributed by atoms with Crippen LogP contribution in [0.25, 0.3) is 0 Å². The maximum absolute atomic E-state index is 14.1. The number of carbonyl (C=O) groups is 3. The number of hydrogen-bond acceptors (Lipinski definition) is 7. The van der Waals surface area contributed by atoms with Gasteiger partial charge in [0.1, 0.15) is 17.2 Å². The molecule has 1 heterocycles. The summed E-state index contributed by atoms with van der Waals surface area (Å²) in [5.41, 5.74) is 4.75. The molecule has 10 heteroatoms. The predicted molar refractivity (Wildman–Crippen MR) is 174 cm³/mol. The van der Waals surface area contributed by atoms with E-state index in [4.69, 9.17) is 9.47 Å². The van der Waals surface area contributed by atoms with Crippen molar-refractivity contribution in [2.24, 2.45) is 0 Å². The number of hydrogen-bond donors (Lipinski definition) is 2. The zero-order valence-electron chi connectivity index (χ0n) is 27.0. The van der Waals surface area contributed by atoms with Crippen LogP contribution in [0.4, 0.5) is 26.7 Å². The van der Waals surface area contributed by atoms with Gasteiger partial charge in [0.05, 0.1) is 16.9 Å². The molecule has 0 spiro atoms. The Balaban J connectivity index is 1.98. The molecule has 0 fully saturated rings. The molecular formula is C34H44N4O6. The molecular weight excluding hydrogens is 560 g/mol. The van der Waals surface area contributed by atoms with Crippen molar-refractivity contribution in [3.05, 3.63) is 70.8 Å². The average molecular weight is 605 g/mol. The van der Waals surface area contributed by atoms with Gasteiger partial charge in [-0.3, -0.25) is 4.79 Å². The molecule has 2 aromatic rings. The number of para-hydroxylation sites is 1. The van der Waals surface area contributed by atoms with Gasteiger partial charge < -0.3 is 34.6 Å². The lowest BCUT2D eigenvalue weighted by Gasteiger charge is -2.23. The summed E-state index contributed by atoms with van der Waals surface area (Å²) in [5.74, 6) is -0.441. The molecule has 0 atom stereocenters. The summed E-state index contributed by atoms with van der Waals surface area (Å²) in [6.45, 7) is 8.56. The molecule has 2 aromatic carbocycles. The molecule has 0 radical (unpaired) electrons. The molecule has 0 bridgehead atoms. The third kappa shape index (κ3) is 8.89. The Morgan fingerprint density at radius 3 is 2.11 bits per heavy atom. The second kappa shape index (κ2) is 15.1. The van der Waals surface area contributed by atoms with Crippen molar-refractivity contribution in [3.8, 4) is 17.2 Å². The molecule has 0 saturated heterocycles. The first-order valence-corrected chi connectivity index (χ1v) is 14.6. The van der Waals surface area contributed by atoms with E-state index < -0.39 is 12.2 Å². The molecule has 10 nitrogen and oxygen atoms in total. The van der Waals surface area contributed by atoms with Gasteiger partial charge in [-0.2, -0.15) is 0 Å². The largest absolute Gasteiger partial charge is 0.506 e. The molecule has 236 valence electrons. The van der Waals surface area contributed by atoms with Crippen LogP contribution in [0.15, 0.2) is 65.3 Å². The highest BCUT2D eigenvalue weighted by molar-refractivity contribution is 6.15. The molecule has 0 saturated carbocycles. The van der Waals surface area contributed by atoms with Gasteiger partial charge in [0.2, 0.25) is 0 Å². The minimum absolute atomic E-state index is 0.0687. The van der Waals surface area contributed by atoms with Crippen molar-refractivity contribution in [1.82, 2.24) is 9.80 Å². The van der Waals surface area contributed by atoms with Crippen LogP contribution < -0.4 is 19.7 Å². The molecule has 0 unspecified atom stereocenters. The maximum atomic E-state index is 14.1. The van der Waals surface area contributed by atoms with Gasteiger partial charge in [-0.25, -0.2) is 9.59 Å². The fourth-order valence-electron chi connectivity index (χ4n) is 4.43. The van der Waals surface area contributed by atoms with E-state index >= 15 is 0 Å². The Kier molecular flexibility index (Phi) is 11.6. The number of phenols is 1. The zero-order chi connectivity index (χ0) is 32.6. The summed E-state index contributed by atoms with van der Waals surface area (Å²) < 4.78 is 11.0. The van der Waals surface area contributed by atoms with Crippen molar-refractivity contribution >= 4 is 35.2 Å². The first kappa shape index (κ1) is 33.8. The number of carbonyl (C=O) groups excluding carboxylic acids is 3. The van der Waals surface area contributed by atoms with Gasteiger partial charge in [0.15, 0.2) is 5.75 Å². The van der Waals surface area contributed by atoms with Gasteiger partial charge in [0, 0.05) is 46.9 Å². The summed E-state index contributed by atoms with van der Waals surface area (Å²) in [5, 5.41) is 14.2. The highest BCUT2D eigenvalue weighted by Crippen LogP contribution is 2.46. The van der Waals surface area contributed by atoms with Crippen molar-refractivity contribution in [2.75, 3.05) is 45.0 Å². The molecule has 0 aromatic heterocycles. The zero-order valence-corrected chi connectivity index (χ0v) is 27.0. The third-order valence-corrected chi connectivity index (χ3v) is 6.99. The van der Waals surface area contributed by atoms with E-state index in [1.165, 1.54) is 38.0 Å². The van der Waals surface area contributed by atoms with E-state index in [0.29, 0.717) is 5.69 Å². The van der Waals surface area contributed by atoms with Crippen LogP contribution in [-0.4, -0.2) is 67.7 Å². The summed E-state index contributed by atoms with van der Waals surface area (Å²) in [6.07, 6.45) is 8.96. The van der Waals surface area contributed by atoms with Gasteiger partial charge >= 0.3 is 12.2 Å². The van der Waals surface area contributed by atoms with E-state index in [2.05, 4.69) is 38.2 Å². The number of fused-ring (bicyclic) bond motifs is 2. The molecule has 1 aliphatic rings. The van der Waals surface area contributed by atoms with Crippen LogP contribution in [-0.2, 0) is 0 Å². The molecule has 3 rings (SSSR count). The molecule has 3 amide bonds. The lowest BCUT2D eigenvalue weighted by atomic mass is 10.1. The lowest BCUT2D eigenvalue weighted by Crippen LogP contribution is -2.31. The minimum Gasteiger partial charge on any atom is -0.506 e. The Bertz CT molecular complexity index is 1480. The first-order valence-electron chi connectivity index (χ1n) is 14.6. The number of phenolic OH excluding ortho intramolecular Hbond substituents is 1. The van der Waals surface area contributed by atoms with Crippen molar-refractivity contribution < 1.29 is 29.0 Å². The van der Waals surface area contributed by atoms with Crippen LogP contribution >= 0.6 is 0 Å². The quantitative estimate of drug-likeness (QED) is 0.212. The predicted octanol–water partition coefficient (Wildman–Crippen LogP) is 7.64. The van der Waals surface area contributed by atoms with E-state index in [1.54, 1.807) is 46.4 Å². The smallest absolute Gasteiger partial charge is 0.414 e. The number of nitrogens with one attached hydrogen (secondary N) is 1. The summed E-state index contributed by atoms with van der Waals surface area (Å²) in [6, 6.07) is 7.64. The Labute approximate surface area is 260 Å². The second-order valence-electron chi connectivity index (χ2n) is 11.5. The number of aromatic hydroxyl groups is 1. The maximum Gasteiger partial charge on any atom is 0.414 e. The number of ether oxygens (including phenoxy) is 2. The molecule has 44 heavy (non-hydrogen) atoms. The van der Waals surface area contributed by atoms with Crippen molar-refractivity contribution in [2.45, 2.75) is 53.4 Å². The summed E-state index contributed by atoms with van der Waals surface area (Å²) in [7, 11) is 6.20. The van der Waals surface area contributed by atoms with Crippen LogP contribution in [0.3, 0.4) is 0 Å². The number of allylic oxidation sites excluding steroid dienone is 5. The van der Waals surface area contributed by atoms with Gasteiger partial charge in [-0.1, -0.05) is 41.0 Å². The van der Waals surface area contributed by atoms with Crippen LogP contribution in [0.2, 0.25) is 0 Å². The van der Waals surface area contributed by atoms with Crippen LogP contribution in [0.5, 0.6) is 17.2 Å². The van der Waals surface area contributed by atoms with E-state index in [0.717, 1.165) is 31.3 Å². The second-order valence-corrected chi connectivity index (χ2v) is 11.5. The normalized spacial score (nSPS) is 12.8. The van der Waals surface area contributed by atoms with E-state index in [9.17, 15) is 19.5 Å². The van der Waals surface area contributed by atoms with Crippen LogP contribution in [0, 0.1) is 0 Å². The molecule has 0 aliphatic carbocycles. The van der Waals surface area contributed by atoms with Crippen LogP contribution in [0.1, 0.15) is 63.7 Å².